The van der Waals surface area contributed by atoms with E-state index in [2.05, 4.69) is 6.92 Å². The third-order valence-corrected chi connectivity index (χ3v) is 6.10. The largest absolute Gasteiger partial charge is 0.477 e. The molecule has 1 unspecified atom stereocenters. The molecule has 0 spiro atoms. The summed E-state index contributed by atoms with van der Waals surface area (Å²) in [5, 5.41) is 43.5. The Bertz CT molecular complexity index is 496. The van der Waals surface area contributed by atoms with Gasteiger partial charge in [-0.2, -0.15) is 0 Å². The molecule has 5 N–H and O–H groups in total. The number of carbonyl (C=O) groups is 2. The predicted molar refractivity (Wildman–Crippen MR) is 143 cm³/mol. The number of unbranched alkanes of at least 4 members (excludes halogenated alkanes) is 16. The van der Waals surface area contributed by atoms with Crippen molar-refractivity contribution < 1.29 is 39.9 Å². The number of hydrogen-bond acceptors (Lipinski definition) is 7. The van der Waals surface area contributed by atoms with Gasteiger partial charge in [0.15, 0.2) is 0 Å². The number of aliphatic hydroxyl groups is 4. The van der Waals surface area contributed by atoms with Crippen LogP contribution in [-0.4, -0.2) is 62.6 Å². The molecule has 0 rings (SSSR count). The van der Waals surface area contributed by atoms with Crippen LogP contribution in [0, 0.1) is 0 Å². The highest BCUT2D eigenvalue weighted by Crippen LogP contribution is 2.14. The maximum absolute atomic E-state index is 11.4. The van der Waals surface area contributed by atoms with Crippen LogP contribution in [0.3, 0.4) is 0 Å². The molecule has 0 aromatic heterocycles. The van der Waals surface area contributed by atoms with Gasteiger partial charge in [0.1, 0.15) is 12.7 Å². The number of aliphatic hydroxyl groups excluding tert-OH is 2. The van der Waals surface area contributed by atoms with Gasteiger partial charge in [-0.05, 0) is 12.8 Å². The van der Waals surface area contributed by atoms with E-state index in [1.807, 2.05) is 6.92 Å². The summed E-state index contributed by atoms with van der Waals surface area (Å²) in [6.07, 6.45) is 21.2. The number of carbonyl (C=O) groups excluding carboxylic acids is 1. The number of hydrogen-bond donors (Lipinski definition) is 5. The van der Waals surface area contributed by atoms with E-state index >= 15 is 0 Å². The Balaban J connectivity index is 0. The van der Waals surface area contributed by atoms with Crippen molar-refractivity contribution in [3.05, 3.63) is 0 Å². The van der Waals surface area contributed by atoms with E-state index in [9.17, 15) is 9.59 Å². The van der Waals surface area contributed by atoms with Gasteiger partial charge in [-0.25, -0.2) is 4.79 Å². The second-order valence-corrected chi connectivity index (χ2v) is 9.80. The van der Waals surface area contributed by atoms with Gasteiger partial charge in [0.05, 0.1) is 6.61 Å². The Morgan fingerprint density at radius 1 is 0.694 bits per heavy atom. The van der Waals surface area contributed by atoms with E-state index in [0.717, 1.165) is 25.7 Å². The molecule has 0 fully saturated rings. The number of aliphatic carboxylic acids is 1. The summed E-state index contributed by atoms with van der Waals surface area (Å²) >= 11 is 0. The summed E-state index contributed by atoms with van der Waals surface area (Å²) in [7, 11) is 0. The molecule has 0 aromatic carbocycles. The van der Waals surface area contributed by atoms with Crippen molar-refractivity contribution in [2.75, 3.05) is 13.2 Å². The van der Waals surface area contributed by atoms with Crippen LogP contribution in [0.15, 0.2) is 0 Å². The lowest BCUT2D eigenvalue weighted by atomic mass is 10.0. The molecule has 8 heteroatoms. The van der Waals surface area contributed by atoms with Crippen molar-refractivity contribution in [2.24, 2.45) is 0 Å². The van der Waals surface area contributed by atoms with Crippen molar-refractivity contribution >= 4 is 11.9 Å². The summed E-state index contributed by atoms with van der Waals surface area (Å²) in [5.74, 6) is -4.38. The molecule has 0 heterocycles. The first-order chi connectivity index (χ1) is 17.2. The van der Waals surface area contributed by atoms with Gasteiger partial charge >= 0.3 is 11.9 Å². The summed E-state index contributed by atoms with van der Waals surface area (Å²) in [4.78, 5) is 21.5. The third kappa shape index (κ3) is 27.4. The van der Waals surface area contributed by atoms with Crippen LogP contribution < -0.4 is 0 Å². The Hall–Kier alpha value is -1.22. The highest BCUT2D eigenvalue weighted by Gasteiger charge is 2.31. The maximum atomic E-state index is 11.4. The molecule has 0 aliphatic rings. The molecular formula is C28H56O8. The van der Waals surface area contributed by atoms with Crippen LogP contribution in [0.25, 0.3) is 0 Å². The minimum absolute atomic E-state index is 0.101. The summed E-state index contributed by atoms with van der Waals surface area (Å²) in [5.41, 5.74) is 0. The zero-order valence-corrected chi connectivity index (χ0v) is 23.1. The Morgan fingerprint density at radius 3 is 1.47 bits per heavy atom. The van der Waals surface area contributed by atoms with E-state index in [1.165, 1.54) is 83.5 Å². The van der Waals surface area contributed by atoms with Gasteiger partial charge in [0.2, 0.25) is 0 Å². The van der Waals surface area contributed by atoms with Crippen molar-refractivity contribution in [3.63, 3.8) is 0 Å². The molecule has 0 aliphatic carbocycles. The number of carboxylic acids is 1. The van der Waals surface area contributed by atoms with Gasteiger partial charge in [-0.15, -0.1) is 0 Å². The van der Waals surface area contributed by atoms with Gasteiger partial charge in [0, 0.05) is 12.8 Å². The Morgan fingerprint density at radius 2 is 1.08 bits per heavy atom. The highest BCUT2D eigenvalue weighted by molar-refractivity contribution is 5.74. The Labute approximate surface area is 219 Å². The van der Waals surface area contributed by atoms with Crippen LogP contribution >= 0.6 is 0 Å². The minimum atomic E-state index is -2.53. The quantitative estimate of drug-likeness (QED) is 0.0639. The first-order valence-corrected chi connectivity index (χ1v) is 14.3. The smallest absolute Gasteiger partial charge is 0.364 e. The lowest BCUT2D eigenvalue weighted by Crippen LogP contribution is -2.37. The second kappa shape index (κ2) is 26.8. The zero-order chi connectivity index (χ0) is 27.5. The van der Waals surface area contributed by atoms with E-state index in [4.69, 9.17) is 30.3 Å². The molecule has 36 heavy (non-hydrogen) atoms. The van der Waals surface area contributed by atoms with Gasteiger partial charge in [0.25, 0.3) is 5.79 Å². The molecule has 0 aliphatic heterocycles. The van der Waals surface area contributed by atoms with Crippen molar-refractivity contribution in [2.45, 2.75) is 154 Å². The number of ether oxygens (including phenoxy) is 1. The third-order valence-electron chi connectivity index (χ3n) is 6.10. The molecule has 0 saturated carbocycles. The molecule has 0 bridgehead atoms. The average Bonchev–Trinajstić information content (AvgIpc) is 2.85. The molecule has 1 atom stereocenters. The van der Waals surface area contributed by atoms with Crippen LogP contribution in [0.1, 0.15) is 142 Å². The van der Waals surface area contributed by atoms with Crippen LogP contribution in [0.5, 0.6) is 0 Å². The molecule has 8 nitrogen and oxygen atoms in total. The van der Waals surface area contributed by atoms with Crippen molar-refractivity contribution in [1.29, 1.82) is 0 Å². The monoisotopic (exact) mass is 520 g/mol. The fourth-order valence-electron chi connectivity index (χ4n) is 3.68. The highest BCUT2D eigenvalue weighted by atomic mass is 16.5. The minimum Gasteiger partial charge on any atom is -0.477 e. The van der Waals surface area contributed by atoms with Crippen LogP contribution in [0.4, 0.5) is 0 Å². The van der Waals surface area contributed by atoms with Crippen LogP contribution in [0.2, 0.25) is 0 Å². The maximum Gasteiger partial charge on any atom is 0.364 e. The molecule has 0 saturated heterocycles. The normalized spacial score (nSPS) is 12.1. The summed E-state index contributed by atoms with van der Waals surface area (Å²) in [6.45, 7) is 3.75. The van der Waals surface area contributed by atoms with Crippen molar-refractivity contribution in [3.8, 4) is 0 Å². The van der Waals surface area contributed by atoms with E-state index < -0.39 is 17.9 Å². The molecule has 0 aromatic rings. The van der Waals surface area contributed by atoms with Crippen LogP contribution in [-0.2, 0) is 14.3 Å². The SMILES string of the molecule is CCCCCC(O)(O)C(=O)O.CCCCCCCCCCCCCCCCCC(=O)OCC(O)CO. The Kier molecular flexibility index (Phi) is 27.5. The van der Waals surface area contributed by atoms with E-state index in [0.29, 0.717) is 12.8 Å². The molecule has 216 valence electrons. The molecule has 0 amide bonds. The fraction of sp³-hybridized carbons (Fsp3) is 0.929. The standard InChI is InChI=1S/C21H42O4.C7H14O4/c1-2-3-4-5-6-7-8-9-10-11-12-13-14-15-16-17-21(24)25-19-20(23)18-22;1-2-3-4-5-7(10,11)6(8)9/h20,22-23H,2-19H2,1H3;10-11H,2-5H2,1H3,(H,8,9). The fourth-order valence-corrected chi connectivity index (χ4v) is 3.68. The number of rotatable bonds is 24. The molecule has 0 radical (unpaired) electrons. The van der Waals surface area contributed by atoms with Gasteiger partial charge in [-0.1, -0.05) is 117 Å². The average molecular weight is 521 g/mol. The van der Waals surface area contributed by atoms with Gasteiger partial charge in [-0.3, -0.25) is 4.79 Å². The first kappa shape index (κ1) is 36.9. The lowest BCUT2D eigenvalue weighted by Gasteiger charge is -2.15. The predicted octanol–water partition coefficient (Wildman–Crippen LogP) is 5.48. The summed E-state index contributed by atoms with van der Waals surface area (Å²) in [6, 6.07) is 0. The first-order valence-electron chi connectivity index (χ1n) is 14.3. The van der Waals surface area contributed by atoms with Crippen molar-refractivity contribution in [1.82, 2.24) is 0 Å². The zero-order valence-electron chi connectivity index (χ0n) is 23.1. The second-order valence-electron chi connectivity index (χ2n) is 9.80. The summed E-state index contributed by atoms with van der Waals surface area (Å²) < 4.78 is 4.86. The van der Waals surface area contributed by atoms with Gasteiger partial charge < -0.3 is 30.3 Å². The number of carboxylic acid groups (broad SMARTS) is 1. The van der Waals surface area contributed by atoms with E-state index in [-0.39, 0.29) is 25.6 Å². The topological polar surface area (TPSA) is 145 Å². The molecular weight excluding hydrogens is 464 g/mol. The van der Waals surface area contributed by atoms with E-state index in [1.54, 1.807) is 0 Å². The lowest BCUT2D eigenvalue weighted by molar-refractivity contribution is -0.205. The number of esters is 1.